The lowest BCUT2D eigenvalue weighted by Crippen LogP contribution is -2.53. The van der Waals surface area contributed by atoms with Crippen LogP contribution in [0.1, 0.15) is 36.8 Å². The van der Waals surface area contributed by atoms with Crippen molar-refractivity contribution in [2.24, 2.45) is 0 Å². The molecule has 2 aliphatic rings. The van der Waals surface area contributed by atoms with Crippen LogP contribution in [-0.4, -0.2) is 49.3 Å². The average molecular weight is 357 g/mol. The summed E-state index contributed by atoms with van der Waals surface area (Å²) in [7, 11) is 3.53. The number of nitrogens with zero attached hydrogens (tertiary/aromatic N) is 1. The van der Waals surface area contributed by atoms with E-state index >= 15 is 0 Å². The topological polar surface area (TPSA) is 51.9 Å². The fraction of sp³-hybridized carbons (Fsp3) is 0.571. The van der Waals surface area contributed by atoms with E-state index in [1.165, 1.54) is 0 Å². The van der Waals surface area contributed by atoms with Crippen LogP contribution in [0.15, 0.2) is 28.9 Å². The number of ether oxygens (including phenoxy) is 2. The highest BCUT2D eigenvalue weighted by atomic mass is 16.5. The molecule has 2 fully saturated rings. The van der Waals surface area contributed by atoms with E-state index in [0.29, 0.717) is 6.42 Å². The Bertz CT molecular complexity index is 813. The highest BCUT2D eigenvalue weighted by Crippen LogP contribution is 2.43. The lowest BCUT2D eigenvalue weighted by Gasteiger charge is -2.43. The van der Waals surface area contributed by atoms with Gasteiger partial charge in [0.05, 0.1) is 30.4 Å². The van der Waals surface area contributed by atoms with Gasteiger partial charge in [0.1, 0.15) is 5.58 Å². The molecule has 1 saturated heterocycles. The first-order valence-corrected chi connectivity index (χ1v) is 9.40. The molecule has 1 amide bonds. The Hall–Kier alpha value is -1.85. The smallest absolute Gasteiger partial charge is 0.227 e. The minimum absolute atomic E-state index is 0.0964. The first-order valence-electron chi connectivity index (χ1n) is 9.40. The third-order valence-electron chi connectivity index (χ3n) is 6.35. The van der Waals surface area contributed by atoms with Crippen molar-refractivity contribution in [3.63, 3.8) is 0 Å². The summed E-state index contributed by atoms with van der Waals surface area (Å²) in [6.45, 7) is 2.79. The molecule has 1 saturated carbocycles. The SMILES string of the molecule is CO[C@@H]1CC[C@@]2(OC)CCN(C(=O)Cc3coc4cc(C)ccc34)[C@H]2C1. The molecule has 140 valence electrons. The second kappa shape index (κ2) is 6.71. The van der Waals surface area contributed by atoms with E-state index in [-0.39, 0.29) is 23.7 Å². The average Bonchev–Trinajstić information content (AvgIpc) is 3.22. The summed E-state index contributed by atoms with van der Waals surface area (Å²) in [4.78, 5) is 15.1. The maximum atomic E-state index is 13.1. The zero-order valence-electron chi connectivity index (χ0n) is 15.8. The monoisotopic (exact) mass is 357 g/mol. The predicted molar refractivity (Wildman–Crippen MR) is 99.2 cm³/mol. The molecule has 0 radical (unpaired) electrons. The molecule has 2 aromatic rings. The molecule has 3 atom stereocenters. The number of fused-ring (bicyclic) bond motifs is 2. The largest absolute Gasteiger partial charge is 0.464 e. The number of carbonyl (C=O) groups excluding carboxylic acids is 1. The molecule has 0 N–H and O–H groups in total. The normalized spacial score (nSPS) is 28.5. The second-order valence-electron chi connectivity index (χ2n) is 7.69. The van der Waals surface area contributed by atoms with Crippen molar-refractivity contribution < 1.29 is 18.7 Å². The van der Waals surface area contributed by atoms with Crippen molar-refractivity contribution in [3.05, 3.63) is 35.6 Å². The number of hydrogen-bond acceptors (Lipinski definition) is 4. The van der Waals surface area contributed by atoms with Gasteiger partial charge in [0.15, 0.2) is 0 Å². The zero-order valence-corrected chi connectivity index (χ0v) is 15.8. The summed E-state index contributed by atoms with van der Waals surface area (Å²) in [5.74, 6) is 0.147. The number of amides is 1. The Labute approximate surface area is 154 Å². The molecular weight excluding hydrogens is 330 g/mol. The molecule has 2 heterocycles. The maximum Gasteiger partial charge on any atom is 0.227 e. The van der Waals surface area contributed by atoms with Crippen molar-refractivity contribution >= 4 is 16.9 Å². The molecule has 4 rings (SSSR count). The summed E-state index contributed by atoms with van der Waals surface area (Å²) in [6.07, 6.45) is 5.99. The van der Waals surface area contributed by atoms with Crippen LogP contribution >= 0.6 is 0 Å². The van der Waals surface area contributed by atoms with Gasteiger partial charge in [0, 0.05) is 31.7 Å². The number of furan rings is 1. The van der Waals surface area contributed by atoms with Crippen molar-refractivity contribution in [2.45, 2.75) is 56.8 Å². The highest BCUT2D eigenvalue weighted by molar-refractivity contribution is 5.88. The van der Waals surface area contributed by atoms with Crippen molar-refractivity contribution in [1.82, 2.24) is 4.90 Å². The summed E-state index contributed by atoms with van der Waals surface area (Å²) in [5.41, 5.74) is 2.75. The first-order chi connectivity index (χ1) is 12.6. The van der Waals surface area contributed by atoms with E-state index in [4.69, 9.17) is 13.9 Å². The van der Waals surface area contributed by atoms with Gasteiger partial charge in [-0.2, -0.15) is 0 Å². The van der Waals surface area contributed by atoms with Crippen LogP contribution in [0.4, 0.5) is 0 Å². The maximum absolute atomic E-state index is 13.1. The number of methoxy groups -OCH3 is 2. The number of rotatable bonds is 4. The number of likely N-dealkylation sites (tertiary alicyclic amines) is 1. The molecule has 1 aliphatic heterocycles. The molecule has 5 heteroatoms. The predicted octanol–water partition coefficient (Wildman–Crippen LogP) is 3.47. The van der Waals surface area contributed by atoms with Gasteiger partial charge in [-0.25, -0.2) is 0 Å². The van der Waals surface area contributed by atoms with Gasteiger partial charge in [-0.15, -0.1) is 0 Å². The molecule has 0 spiro atoms. The van der Waals surface area contributed by atoms with Crippen molar-refractivity contribution in [3.8, 4) is 0 Å². The van der Waals surface area contributed by atoms with Gasteiger partial charge in [-0.1, -0.05) is 12.1 Å². The van der Waals surface area contributed by atoms with E-state index in [1.54, 1.807) is 20.5 Å². The molecule has 1 aromatic carbocycles. The summed E-state index contributed by atoms with van der Waals surface area (Å²) < 4.78 is 17.2. The van der Waals surface area contributed by atoms with Gasteiger partial charge < -0.3 is 18.8 Å². The minimum atomic E-state index is -0.208. The zero-order chi connectivity index (χ0) is 18.3. The quantitative estimate of drug-likeness (QED) is 0.841. The number of aryl methyl sites for hydroxylation is 1. The third-order valence-corrected chi connectivity index (χ3v) is 6.35. The molecule has 1 aliphatic carbocycles. The van der Waals surface area contributed by atoms with Crippen LogP contribution < -0.4 is 0 Å². The molecular formula is C21H27NO4. The Morgan fingerprint density at radius 1 is 1.35 bits per heavy atom. The summed E-state index contributed by atoms with van der Waals surface area (Å²) in [6, 6.07) is 6.21. The van der Waals surface area contributed by atoms with Crippen LogP contribution in [0.5, 0.6) is 0 Å². The van der Waals surface area contributed by atoms with Gasteiger partial charge in [0.2, 0.25) is 5.91 Å². The van der Waals surface area contributed by atoms with Crippen LogP contribution in [0.25, 0.3) is 11.0 Å². The molecule has 5 nitrogen and oxygen atoms in total. The van der Waals surface area contributed by atoms with E-state index in [2.05, 4.69) is 6.07 Å². The van der Waals surface area contributed by atoms with Crippen LogP contribution in [0.2, 0.25) is 0 Å². The van der Waals surface area contributed by atoms with Crippen LogP contribution in [-0.2, 0) is 20.7 Å². The van der Waals surface area contributed by atoms with Crippen molar-refractivity contribution in [1.29, 1.82) is 0 Å². The van der Waals surface area contributed by atoms with Crippen molar-refractivity contribution in [2.75, 3.05) is 20.8 Å². The Balaban J connectivity index is 1.55. The van der Waals surface area contributed by atoms with Crippen LogP contribution in [0, 0.1) is 6.92 Å². The fourth-order valence-corrected chi connectivity index (χ4v) is 4.77. The van der Waals surface area contributed by atoms with E-state index in [0.717, 1.165) is 54.3 Å². The van der Waals surface area contributed by atoms with Crippen LogP contribution in [0.3, 0.4) is 0 Å². The number of benzene rings is 1. The highest BCUT2D eigenvalue weighted by Gasteiger charge is 2.52. The van der Waals surface area contributed by atoms with Gasteiger partial charge in [-0.3, -0.25) is 4.79 Å². The van der Waals surface area contributed by atoms with E-state index in [1.807, 2.05) is 24.0 Å². The lowest BCUT2D eigenvalue weighted by molar-refractivity contribution is -0.140. The molecule has 0 unspecified atom stereocenters. The third kappa shape index (κ3) is 2.83. The number of hydrogen-bond donors (Lipinski definition) is 0. The fourth-order valence-electron chi connectivity index (χ4n) is 4.77. The Morgan fingerprint density at radius 2 is 2.19 bits per heavy atom. The molecule has 26 heavy (non-hydrogen) atoms. The summed E-state index contributed by atoms with van der Waals surface area (Å²) in [5, 5.41) is 1.03. The minimum Gasteiger partial charge on any atom is -0.464 e. The van der Waals surface area contributed by atoms with E-state index in [9.17, 15) is 4.79 Å². The lowest BCUT2D eigenvalue weighted by atomic mass is 9.79. The summed E-state index contributed by atoms with van der Waals surface area (Å²) >= 11 is 0. The Kier molecular flexibility index (Phi) is 4.53. The standard InChI is InChI=1S/C21H27NO4/c1-14-4-5-17-15(13-26-18(17)10-14)11-20(23)22-9-8-21(25-3)7-6-16(24-2)12-19(21)22/h4-5,10,13,16,19H,6-9,11-12H2,1-3H3/t16-,19+,21-/m1/s1. The van der Waals surface area contributed by atoms with Gasteiger partial charge >= 0.3 is 0 Å². The van der Waals surface area contributed by atoms with E-state index < -0.39 is 0 Å². The Morgan fingerprint density at radius 3 is 2.96 bits per heavy atom. The molecule has 0 bridgehead atoms. The van der Waals surface area contributed by atoms with Gasteiger partial charge in [0.25, 0.3) is 0 Å². The molecule has 1 aromatic heterocycles. The second-order valence-corrected chi connectivity index (χ2v) is 7.69. The van der Waals surface area contributed by atoms with Gasteiger partial charge in [-0.05, 0) is 44.2 Å². The first kappa shape index (κ1) is 17.6. The number of carbonyl (C=O) groups is 1.